The van der Waals surface area contributed by atoms with E-state index in [2.05, 4.69) is 98.2 Å². The molecule has 7 rings (SSSR count). The van der Waals surface area contributed by atoms with Crippen LogP contribution in [0.25, 0.3) is 21.8 Å². The van der Waals surface area contributed by atoms with Gasteiger partial charge in [-0.1, -0.05) is 48.5 Å². The zero-order chi connectivity index (χ0) is 29.7. The maximum Gasteiger partial charge on any atom is 0.150 e. The number of H-pyrrole nitrogens is 2. The van der Waals surface area contributed by atoms with Gasteiger partial charge in [-0.2, -0.15) is 0 Å². The van der Waals surface area contributed by atoms with E-state index < -0.39 is 0 Å². The molecule has 6 aromatic rings. The number of aromatic amines is 2. The summed E-state index contributed by atoms with van der Waals surface area (Å²) in [6, 6.07) is 25.4. The Balaban J connectivity index is 1.22. The van der Waals surface area contributed by atoms with Gasteiger partial charge in [-0.05, 0) is 92.2 Å². The van der Waals surface area contributed by atoms with Gasteiger partial charge in [0, 0.05) is 40.6 Å². The van der Waals surface area contributed by atoms with E-state index in [4.69, 9.17) is 14.9 Å². The van der Waals surface area contributed by atoms with E-state index in [1.807, 2.05) is 12.1 Å². The molecule has 0 unspecified atom stereocenters. The van der Waals surface area contributed by atoms with E-state index in [9.17, 15) is 0 Å². The Morgan fingerprint density at radius 3 is 2.25 bits per heavy atom. The van der Waals surface area contributed by atoms with Gasteiger partial charge in [0.15, 0.2) is 5.82 Å². The van der Waals surface area contributed by atoms with Crippen LogP contribution >= 0.6 is 0 Å². The van der Waals surface area contributed by atoms with Crippen LogP contribution in [0.15, 0.2) is 85.2 Å². The molecule has 0 aliphatic carbocycles. The monoisotopic (exact) mass is 587 g/mol. The first kappa shape index (κ1) is 28.4. The highest BCUT2D eigenvalue weighted by Gasteiger charge is 2.25. The number of ether oxygens (including phenoxy) is 1. The molecule has 0 radical (unpaired) electrons. The van der Waals surface area contributed by atoms with Crippen LogP contribution in [0.4, 0.5) is 0 Å². The first-order valence-electron chi connectivity index (χ1n) is 15.8. The number of hydrogen-bond donors (Lipinski definition) is 4. The van der Waals surface area contributed by atoms with Gasteiger partial charge in [0.25, 0.3) is 0 Å². The summed E-state index contributed by atoms with van der Waals surface area (Å²) in [6.45, 7) is 3.85. The molecule has 226 valence electrons. The molecular formula is C36H41N7O. The van der Waals surface area contributed by atoms with E-state index in [0.717, 1.165) is 56.3 Å². The summed E-state index contributed by atoms with van der Waals surface area (Å²) >= 11 is 0. The molecule has 44 heavy (non-hydrogen) atoms. The average molecular weight is 588 g/mol. The molecule has 8 nitrogen and oxygen atoms in total. The normalized spacial score (nSPS) is 14.8. The fraction of sp³-hybridized carbons (Fsp3) is 0.333. The van der Waals surface area contributed by atoms with Crippen LogP contribution in [0.1, 0.15) is 47.2 Å². The lowest BCUT2D eigenvalue weighted by molar-refractivity contribution is 0.334. The minimum Gasteiger partial charge on any atom is -0.497 e. The van der Waals surface area contributed by atoms with E-state index >= 15 is 0 Å². The Kier molecular flexibility index (Phi) is 8.43. The van der Waals surface area contributed by atoms with Gasteiger partial charge in [0.05, 0.1) is 19.7 Å². The number of piperidine rings is 1. The standard InChI is InChI=1S/C36H41N7O/c1-44-29-13-10-26(11-14-29)24-43-35(15-12-27-22-39-32-8-4-2-6-30(27)32)41-42-36(43)34(38-21-25-16-18-37-19-17-25)20-28-23-40-33-9-5-3-7-31(28)33/h2-11,13-14,22-23,25,34,37-40H,12,15-21,24H2,1H3/t34-/m1/s1. The van der Waals surface area contributed by atoms with Gasteiger partial charge in [0.1, 0.15) is 11.6 Å². The second-order valence-corrected chi connectivity index (χ2v) is 12.0. The van der Waals surface area contributed by atoms with Crippen LogP contribution in [-0.4, -0.2) is 51.5 Å². The SMILES string of the molecule is COc1ccc(Cn2c(CCc3c[nH]c4ccccc34)nnc2[C@@H](Cc2c[nH]c3ccccc23)NCC2CCNCC2)cc1. The Morgan fingerprint density at radius 1 is 0.841 bits per heavy atom. The number of methoxy groups -OCH3 is 1. The van der Waals surface area contributed by atoms with Crippen molar-refractivity contribution in [2.75, 3.05) is 26.7 Å². The summed E-state index contributed by atoms with van der Waals surface area (Å²) in [7, 11) is 1.71. The molecule has 1 fully saturated rings. The molecule has 1 atom stereocenters. The Hall–Kier alpha value is -4.40. The van der Waals surface area contributed by atoms with Gasteiger partial charge in [-0.15, -0.1) is 10.2 Å². The van der Waals surface area contributed by atoms with Crippen molar-refractivity contribution in [2.24, 2.45) is 5.92 Å². The second kappa shape index (κ2) is 13.1. The number of rotatable bonds is 12. The third-order valence-electron chi connectivity index (χ3n) is 9.17. The number of nitrogens with zero attached hydrogens (tertiary/aromatic N) is 3. The fourth-order valence-corrected chi connectivity index (χ4v) is 6.63. The molecule has 4 N–H and O–H groups in total. The van der Waals surface area contributed by atoms with Gasteiger partial charge < -0.3 is 29.9 Å². The van der Waals surface area contributed by atoms with Crippen molar-refractivity contribution in [1.29, 1.82) is 0 Å². The summed E-state index contributed by atoms with van der Waals surface area (Å²) in [4.78, 5) is 6.91. The topological polar surface area (TPSA) is 95.6 Å². The Morgan fingerprint density at radius 2 is 1.52 bits per heavy atom. The number of para-hydroxylation sites is 2. The molecule has 4 heterocycles. The fourth-order valence-electron chi connectivity index (χ4n) is 6.63. The van der Waals surface area contributed by atoms with Crippen LogP contribution < -0.4 is 15.4 Å². The molecule has 0 saturated carbocycles. The highest BCUT2D eigenvalue weighted by molar-refractivity contribution is 5.83. The highest BCUT2D eigenvalue weighted by Crippen LogP contribution is 2.27. The zero-order valence-corrected chi connectivity index (χ0v) is 25.4. The molecule has 1 aliphatic rings. The minimum atomic E-state index is 0.0247. The third-order valence-corrected chi connectivity index (χ3v) is 9.17. The van der Waals surface area contributed by atoms with Crippen molar-refractivity contribution in [1.82, 2.24) is 35.4 Å². The quantitative estimate of drug-likeness (QED) is 0.142. The van der Waals surface area contributed by atoms with Crippen molar-refractivity contribution < 1.29 is 4.74 Å². The Bertz CT molecular complexity index is 1810. The lowest BCUT2D eigenvalue weighted by atomic mass is 9.97. The molecule has 8 heteroatoms. The number of hydrogen-bond acceptors (Lipinski definition) is 5. The second-order valence-electron chi connectivity index (χ2n) is 12.0. The minimum absolute atomic E-state index is 0.0247. The number of aryl methyl sites for hydroxylation is 2. The number of fused-ring (bicyclic) bond motifs is 2. The van der Waals surface area contributed by atoms with Crippen LogP contribution in [0.3, 0.4) is 0 Å². The van der Waals surface area contributed by atoms with Crippen molar-refractivity contribution in [2.45, 2.75) is 44.7 Å². The molecule has 1 saturated heterocycles. The largest absolute Gasteiger partial charge is 0.497 e. The highest BCUT2D eigenvalue weighted by atomic mass is 16.5. The van der Waals surface area contributed by atoms with Crippen molar-refractivity contribution in [3.63, 3.8) is 0 Å². The summed E-state index contributed by atoms with van der Waals surface area (Å²) in [5.41, 5.74) is 6.13. The van der Waals surface area contributed by atoms with Crippen LogP contribution in [0.5, 0.6) is 5.75 Å². The summed E-state index contributed by atoms with van der Waals surface area (Å²) in [6.07, 6.45) is 9.21. The predicted molar refractivity (Wildman–Crippen MR) is 176 cm³/mol. The van der Waals surface area contributed by atoms with E-state index in [0.29, 0.717) is 12.5 Å². The number of aromatic nitrogens is 5. The smallest absolute Gasteiger partial charge is 0.150 e. The first-order valence-corrected chi connectivity index (χ1v) is 15.8. The number of benzene rings is 3. The Labute approximate surface area is 258 Å². The maximum absolute atomic E-state index is 5.44. The average Bonchev–Trinajstić information content (AvgIpc) is 3.80. The molecule has 3 aromatic carbocycles. The third kappa shape index (κ3) is 6.14. The number of nitrogens with one attached hydrogen (secondary N) is 4. The molecule has 0 bridgehead atoms. The van der Waals surface area contributed by atoms with E-state index in [1.54, 1.807) is 7.11 Å². The van der Waals surface area contributed by atoms with Crippen molar-refractivity contribution in [3.8, 4) is 5.75 Å². The van der Waals surface area contributed by atoms with Crippen LogP contribution in [0.2, 0.25) is 0 Å². The van der Waals surface area contributed by atoms with Crippen LogP contribution in [0, 0.1) is 5.92 Å². The lowest BCUT2D eigenvalue weighted by Crippen LogP contribution is -2.36. The zero-order valence-electron chi connectivity index (χ0n) is 25.4. The lowest BCUT2D eigenvalue weighted by Gasteiger charge is -2.26. The molecule has 0 spiro atoms. The summed E-state index contributed by atoms with van der Waals surface area (Å²) < 4.78 is 7.79. The first-order chi connectivity index (χ1) is 21.7. The van der Waals surface area contributed by atoms with E-state index in [-0.39, 0.29) is 6.04 Å². The van der Waals surface area contributed by atoms with Crippen LogP contribution in [-0.2, 0) is 25.8 Å². The summed E-state index contributed by atoms with van der Waals surface area (Å²) in [5.74, 6) is 3.52. The van der Waals surface area contributed by atoms with Gasteiger partial charge in [0.2, 0.25) is 0 Å². The van der Waals surface area contributed by atoms with Crippen molar-refractivity contribution >= 4 is 21.8 Å². The van der Waals surface area contributed by atoms with Gasteiger partial charge >= 0.3 is 0 Å². The molecule has 1 aliphatic heterocycles. The molecule has 3 aromatic heterocycles. The van der Waals surface area contributed by atoms with E-state index in [1.165, 1.54) is 51.3 Å². The maximum atomic E-state index is 5.44. The van der Waals surface area contributed by atoms with Crippen molar-refractivity contribution in [3.05, 3.63) is 114 Å². The summed E-state index contributed by atoms with van der Waals surface area (Å²) in [5, 5.41) is 19.8. The van der Waals surface area contributed by atoms with Gasteiger partial charge in [-0.25, -0.2) is 0 Å². The van der Waals surface area contributed by atoms with Gasteiger partial charge in [-0.3, -0.25) is 0 Å². The molecule has 0 amide bonds. The molecular weight excluding hydrogens is 546 g/mol. The predicted octanol–water partition coefficient (Wildman–Crippen LogP) is 5.96.